The van der Waals surface area contributed by atoms with Crippen LogP contribution in [0.25, 0.3) is 10.6 Å². The summed E-state index contributed by atoms with van der Waals surface area (Å²) >= 11 is 3.51. The van der Waals surface area contributed by atoms with Gasteiger partial charge < -0.3 is 10.6 Å². The summed E-state index contributed by atoms with van der Waals surface area (Å²) in [6.45, 7) is 0.991. The first kappa shape index (κ1) is 17.3. The van der Waals surface area contributed by atoms with E-state index in [0.717, 1.165) is 34.3 Å². The van der Waals surface area contributed by atoms with Crippen LogP contribution in [0.15, 0.2) is 35.8 Å². The van der Waals surface area contributed by atoms with Crippen molar-refractivity contribution in [3.05, 3.63) is 35.8 Å². The van der Waals surface area contributed by atoms with E-state index in [1.165, 1.54) is 0 Å². The molecule has 0 aliphatic carbocycles. The number of aromatic nitrogens is 1. The summed E-state index contributed by atoms with van der Waals surface area (Å²) in [6.07, 6.45) is 2.33. The van der Waals surface area contributed by atoms with Crippen LogP contribution in [0.2, 0.25) is 0 Å². The van der Waals surface area contributed by atoms with Gasteiger partial charge in [-0.05, 0) is 24.3 Å². The van der Waals surface area contributed by atoms with E-state index >= 15 is 0 Å². The zero-order valence-corrected chi connectivity index (χ0v) is 14.4. The van der Waals surface area contributed by atoms with Gasteiger partial charge in [-0.25, -0.2) is 4.98 Å². The molecule has 0 spiro atoms. The molecule has 22 heavy (non-hydrogen) atoms. The Kier molecular flexibility index (Phi) is 6.70. The zero-order chi connectivity index (χ0) is 14.5. The van der Waals surface area contributed by atoms with Crippen LogP contribution >= 0.6 is 35.5 Å². The SMILES string of the molecule is Cl.O=C(CC1CSCCN1)Nc1ccc(-c2nccs2)cc1. The average Bonchev–Trinajstić information content (AvgIpc) is 3.03. The molecule has 1 aliphatic heterocycles. The molecule has 3 rings (SSSR count). The van der Waals surface area contributed by atoms with E-state index in [4.69, 9.17) is 0 Å². The van der Waals surface area contributed by atoms with Crippen molar-refractivity contribution in [2.45, 2.75) is 12.5 Å². The number of nitrogens with one attached hydrogen (secondary N) is 2. The number of halogens is 1. The van der Waals surface area contributed by atoms with Crippen LogP contribution in [0.5, 0.6) is 0 Å². The number of thioether (sulfide) groups is 1. The highest BCUT2D eigenvalue weighted by Crippen LogP contribution is 2.23. The van der Waals surface area contributed by atoms with E-state index in [2.05, 4.69) is 15.6 Å². The van der Waals surface area contributed by atoms with E-state index in [0.29, 0.717) is 12.5 Å². The van der Waals surface area contributed by atoms with Crippen LogP contribution < -0.4 is 10.6 Å². The van der Waals surface area contributed by atoms with Crippen LogP contribution in [0.4, 0.5) is 5.69 Å². The Balaban J connectivity index is 0.00000176. The van der Waals surface area contributed by atoms with Gasteiger partial charge in [0, 0.05) is 53.3 Å². The van der Waals surface area contributed by atoms with Crippen molar-refractivity contribution < 1.29 is 4.79 Å². The molecule has 1 aromatic carbocycles. The molecular formula is C15H18ClN3OS2. The molecule has 7 heteroatoms. The van der Waals surface area contributed by atoms with E-state index < -0.39 is 0 Å². The van der Waals surface area contributed by atoms with Crippen molar-refractivity contribution in [2.75, 3.05) is 23.4 Å². The minimum atomic E-state index is 0. The van der Waals surface area contributed by atoms with Gasteiger partial charge in [0.1, 0.15) is 5.01 Å². The maximum atomic E-state index is 12.0. The van der Waals surface area contributed by atoms with Gasteiger partial charge >= 0.3 is 0 Å². The molecule has 1 aromatic heterocycles. The highest BCUT2D eigenvalue weighted by molar-refractivity contribution is 7.99. The van der Waals surface area contributed by atoms with Crippen LogP contribution in [0.3, 0.4) is 0 Å². The molecule has 0 saturated carbocycles. The van der Waals surface area contributed by atoms with Gasteiger partial charge in [0.2, 0.25) is 5.91 Å². The third-order valence-corrected chi connectivity index (χ3v) is 5.23. The third kappa shape index (κ3) is 4.71. The van der Waals surface area contributed by atoms with Gasteiger partial charge in [-0.15, -0.1) is 23.7 Å². The Bertz CT molecular complexity index is 583. The molecule has 2 N–H and O–H groups in total. The number of hydrogen-bond donors (Lipinski definition) is 2. The minimum absolute atomic E-state index is 0. The van der Waals surface area contributed by atoms with Gasteiger partial charge in [0.15, 0.2) is 0 Å². The van der Waals surface area contributed by atoms with Gasteiger partial charge in [-0.3, -0.25) is 4.79 Å². The normalized spacial score (nSPS) is 17.5. The fourth-order valence-electron chi connectivity index (χ4n) is 2.25. The van der Waals surface area contributed by atoms with E-state index in [1.807, 2.05) is 41.4 Å². The zero-order valence-electron chi connectivity index (χ0n) is 12.0. The molecular weight excluding hydrogens is 338 g/mol. The summed E-state index contributed by atoms with van der Waals surface area (Å²) in [5.74, 6) is 2.21. The summed E-state index contributed by atoms with van der Waals surface area (Å²) in [5.41, 5.74) is 1.91. The summed E-state index contributed by atoms with van der Waals surface area (Å²) in [6, 6.07) is 8.13. The molecule has 0 radical (unpaired) electrons. The Hall–Kier alpha value is -1.08. The molecule has 1 amide bonds. The second-order valence-corrected chi connectivity index (χ2v) is 6.94. The average molecular weight is 356 g/mol. The first-order valence-corrected chi connectivity index (χ1v) is 8.95. The molecule has 1 atom stereocenters. The highest BCUT2D eigenvalue weighted by atomic mass is 35.5. The molecule has 1 unspecified atom stereocenters. The van der Waals surface area contributed by atoms with Crippen LogP contribution in [0.1, 0.15) is 6.42 Å². The van der Waals surface area contributed by atoms with Crippen molar-refractivity contribution >= 4 is 47.1 Å². The lowest BCUT2D eigenvalue weighted by Gasteiger charge is -2.22. The van der Waals surface area contributed by atoms with E-state index in [-0.39, 0.29) is 18.3 Å². The molecule has 4 nitrogen and oxygen atoms in total. The number of nitrogens with zero attached hydrogens (tertiary/aromatic N) is 1. The topological polar surface area (TPSA) is 54.0 Å². The van der Waals surface area contributed by atoms with Gasteiger partial charge in [0.05, 0.1) is 0 Å². The van der Waals surface area contributed by atoms with Gasteiger partial charge in [-0.2, -0.15) is 11.8 Å². The molecule has 118 valence electrons. The number of amides is 1. The van der Waals surface area contributed by atoms with Crippen LogP contribution in [-0.4, -0.2) is 35.0 Å². The second kappa shape index (κ2) is 8.53. The largest absolute Gasteiger partial charge is 0.326 e. The number of rotatable bonds is 4. The standard InChI is InChI=1S/C15H17N3OS2.ClH/c19-14(9-13-10-20-7-5-16-13)18-12-3-1-11(2-4-12)15-17-6-8-21-15;/h1-4,6,8,13,16H,5,7,9-10H2,(H,18,19);1H. The van der Waals surface area contributed by atoms with Crippen molar-refractivity contribution in [3.63, 3.8) is 0 Å². The van der Waals surface area contributed by atoms with E-state index in [9.17, 15) is 4.79 Å². The van der Waals surface area contributed by atoms with Crippen LogP contribution in [-0.2, 0) is 4.79 Å². The maximum absolute atomic E-state index is 12.0. The monoisotopic (exact) mass is 355 g/mol. The Morgan fingerprint density at radius 3 is 2.82 bits per heavy atom. The molecule has 1 aliphatic rings. The number of hydrogen-bond acceptors (Lipinski definition) is 5. The van der Waals surface area contributed by atoms with Gasteiger partial charge in [0.25, 0.3) is 0 Å². The number of thiazole rings is 1. The smallest absolute Gasteiger partial charge is 0.225 e. The van der Waals surface area contributed by atoms with Gasteiger partial charge in [-0.1, -0.05) is 0 Å². The Morgan fingerprint density at radius 1 is 1.36 bits per heavy atom. The lowest BCUT2D eigenvalue weighted by molar-refractivity contribution is -0.116. The maximum Gasteiger partial charge on any atom is 0.225 e. The quantitative estimate of drug-likeness (QED) is 0.883. The summed E-state index contributed by atoms with van der Waals surface area (Å²) in [4.78, 5) is 16.3. The summed E-state index contributed by atoms with van der Waals surface area (Å²) in [7, 11) is 0. The molecule has 1 saturated heterocycles. The van der Waals surface area contributed by atoms with Crippen molar-refractivity contribution in [3.8, 4) is 10.6 Å². The highest BCUT2D eigenvalue weighted by Gasteiger charge is 2.16. The predicted molar refractivity (Wildman–Crippen MR) is 97.2 cm³/mol. The second-order valence-electron chi connectivity index (χ2n) is 4.89. The molecule has 2 heterocycles. The summed E-state index contributed by atoms with van der Waals surface area (Å²) in [5, 5.41) is 9.29. The van der Waals surface area contributed by atoms with Crippen molar-refractivity contribution in [1.82, 2.24) is 10.3 Å². The minimum Gasteiger partial charge on any atom is -0.326 e. The number of carbonyl (C=O) groups is 1. The lowest BCUT2D eigenvalue weighted by Crippen LogP contribution is -2.39. The first-order valence-electron chi connectivity index (χ1n) is 6.92. The molecule has 2 aromatic rings. The fourth-order valence-corrected chi connectivity index (χ4v) is 3.84. The van der Waals surface area contributed by atoms with Crippen molar-refractivity contribution in [1.29, 1.82) is 0 Å². The number of carbonyl (C=O) groups excluding carboxylic acids is 1. The molecule has 1 fully saturated rings. The summed E-state index contributed by atoms with van der Waals surface area (Å²) < 4.78 is 0. The van der Waals surface area contributed by atoms with E-state index in [1.54, 1.807) is 17.5 Å². The number of anilines is 1. The molecule has 0 bridgehead atoms. The fraction of sp³-hybridized carbons (Fsp3) is 0.333. The Morgan fingerprint density at radius 2 is 2.18 bits per heavy atom. The Labute approximate surface area is 144 Å². The van der Waals surface area contributed by atoms with Crippen molar-refractivity contribution in [2.24, 2.45) is 0 Å². The van der Waals surface area contributed by atoms with Crippen LogP contribution in [0, 0.1) is 0 Å². The lowest BCUT2D eigenvalue weighted by atomic mass is 10.2. The third-order valence-electron chi connectivity index (χ3n) is 3.28. The predicted octanol–water partition coefficient (Wildman–Crippen LogP) is 3.27. The number of benzene rings is 1. The first-order chi connectivity index (χ1) is 10.3.